The molecule has 0 aliphatic heterocycles. The highest BCUT2D eigenvalue weighted by molar-refractivity contribution is 5.69. The van der Waals surface area contributed by atoms with Crippen molar-refractivity contribution in [2.75, 3.05) is 126 Å². The van der Waals surface area contributed by atoms with E-state index in [4.69, 9.17) is 47.4 Å². The van der Waals surface area contributed by atoms with E-state index in [1.165, 1.54) is 141 Å². The lowest BCUT2D eigenvalue weighted by Gasteiger charge is -2.09. The topological polar surface area (TPSA) is 109 Å². The predicted octanol–water partition coefficient (Wildman–Crippen LogP) is 10.9. The number of ether oxygens (including phenoxy) is 10. The summed E-state index contributed by atoms with van der Waals surface area (Å²) >= 11 is 0. The van der Waals surface area contributed by atoms with E-state index in [-0.39, 0.29) is 5.97 Å². The Morgan fingerprint density at radius 3 is 0.712 bits per heavy atom. The van der Waals surface area contributed by atoms with E-state index in [0.29, 0.717) is 125 Å². The van der Waals surface area contributed by atoms with Crippen LogP contribution in [-0.4, -0.2) is 132 Å². The first-order chi connectivity index (χ1) is 29.3. The number of carbonyl (C=O) groups is 1. The van der Waals surface area contributed by atoms with Crippen molar-refractivity contribution in [1.82, 2.24) is 0 Å². The van der Waals surface area contributed by atoms with Gasteiger partial charge in [0.2, 0.25) is 0 Å². The highest BCUT2D eigenvalue weighted by Crippen LogP contribution is 2.14. The first kappa shape index (κ1) is 58.1. The largest absolute Gasteiger partial charge is 0.463 e. The van der Waals surface area contributed by atoms with Crippen molar-refractivity contribution in [3.05, 3.63) is 0 Å². The molecule has 0 aliphatic rings. The number of esters is 1. The molecule has 354 valence electrons. The van der Waals surface area contributed by atoms with Crippen LogP contribution in [0.4, 0.5) is 0 Å². The minimum absolute atomic E-state index is 0.131. The second-order valence-corrected chi connectivity index (χ2v) is 15.6. The molecule has 0 radical (unpaired) electrons. The molecule has 0 bridgehead atoms. The van der Waals surface area contributed by atoms with Crippen LogP contribution in [0.15, 0.2) is 0 Å². The van der Waals surface area contributed by atoms with Gasteiger partial charge in [0.25, 0.3) is 0 Å². The smallest absolute Gasteiger partial charge is 0.305 e. The fraction of sp³-hybridized carbons (Fsp3) is 0.979. The Morgan fingerprint density at radius 2 is 0.441 bits per heavy atom. The van der Waals surface area contributed by atoms with Crippen LogP contribution < -0.4 is 0 Å². The van der Waals surface area contributed by atoms with Crippen LogP contribution >= 0.6 is 0 Å². The van der Waals surface area contributed by atoms with Crippen molar-refractivity contribution in [2.24, 2.45) is 0 Å². The van der Waals surface area contributed by atoms with Crippen molar-refractivity contribution < 1.29 is 52.2 Å². The van der Waals surface area contributed by atoms with Gasteiger partial charge in [-0.05, 0) is 12.8 Å². The van der Waals surface area contributed by atoms with Crippen molar-refractivity contribution in [3.63, 3.8) is 0 Å². The molecule has 11 nitrogen and oxygen atoms in total. The maximum absolute atomic E-state index is 11.8. The fourth-order valence-corrected chi connectivity index (χ4v) is 6.48. The van der Waals surface area contributed by atoms with Crippen molar-refractivity contribution in [1.29, 1.82) is 0 Å². The molecule has 0 aromatic rings. The zero-order chi connectivity index (χ0) is 42.5. The van der Waals surface area contributed by atoms with E-state index < -0.39 is 0 Å². The Bertz CT molecular complexity index is 760. The number of unbranched alkanes of at least 4 members (excludes halogenated alkanes) is 23. The summed E-state index contributed by atoms with van der Waals surface area (Å²) in [5.41, 5.74) is 0. The van der Waals surface area contributed by atoms with E-state index in [1.54, 1.807) is 0 Å². The summed E-state index contributed by atoms with van der Waals surface area (Å²) in [6.07, 6.45) is 33.8. The lowest BCUT2D eigenvalue weighted by Crippen LogP contribution is -2.15. The SMILES string of the molecule is CCCCCCCCCCCCCCCCCCOCCOCCOCCOCCOCCOCCOCCOCCOCCOC(=O)CCCCCCCCCCC. The van der Waals surface area contributed by atoms with Gasteiger partial charge in [0.15, 0.2) is 0 Å². The van der Waals surface area contributed by atoms with E-state index >= 15 is 0 Å². The van der Waals surface area contributed by atoms with Gasteiger partial charge in [0.05, 0.1) is 112 Å². The van der Waals surface area contributed by atoms with Crippen LogP contribution in [0.25, 0.3) is 0 Å². The molecule has 0 unspecified atom stereocenters. The van der Waals surface area contributed by atoms with Gasteiger partial charge in [-0.15, -0.1) is 0 Å². The minimum Gasteiger partial charge on any atom is -0.463 e. The molecule has 0 spiro atoms. The summed E-state index contributed by atoms with van der Waals surface area (Å²) in [6, 6.07) is 0. The summed E-state index contributed by atoms with van der Waals surface area (Å²) in [4.78, 5) is 11.8. The number of rotatable bonds is 54. The zero-order valence-corrected chi connectivity index (χ0v) is 38.8. The van der Waals surface area contributed by atoms with E-state index in [1.807, 2.05) is 0 Å². The molecule has 0 aliphatic carbocycles. The van der Waals surface area contributed by atoms with Crippen LogP contribution in [0.2, 0.25) is 0 Å². The fourth-order valence-electron chi connectivity index (χ4n) is 6.48. The van der Waals surface area contributed by atoms with Crippen LogP contribution in [-0.2, 0) is 52.2 Å². The Balaban J connectivity index is 3.10. The average Bonchev–Trinajstić information content (AvgIpc) is 3.24. The monoisotopic (exact) mass is 849 g/mol. The van der Waals surface area contributed by atoms with Gasteiger partial charge >= 0.3 is 5.97 Å². The van der Waals surface area contributed by atoms with Gasteiger partial charge < -0.3 is 47.4 Å². The maximum Gasteiger partial charge on any atom is 0.305 e. The van der Waals surface area contributed by atoms with Crippen LogP contribution in [0.1, 0.15) is 181 Å². The van der Waals surface area contributed by atoms with Crippen molar-refractivity contribution in [2.45, 2.75) is 181 Å². The minimum atomic E-state index is -0.131. The number of hydrogen-bond donors (Lipinski definition) is 0. The summed E-state index contributed by atoms with van der Waals surface area (Å²) in [6.45, 7) is 14.5. The third kappa shape index (κ3) is 55.1. The average molecular weight is 849 g/mol. The molecule has 11 heteroatoms. The predicted molar refractivity (Wildman–Crippen MR) is 240 cm³/mol. The third-order valence-electron chi connectivity index (χ3n) is 10.1. The molecule has 59 heavy (non-hydrogen) atoms. The molecule has 0 saturated heterocycles. The standard InChI is InChI=1S/C48H96O11/c1-3-5-7-9-11-13-14-15-16-17-18-19-21-23-25-27-29-50-30-31-51-32-33-52-34-35-53-36-37-54-38-39-55-40-41-56-42-43-57-44-45-58-46-47-59-48(49)28-26-24-22-20-12-10-8-6-4-2/h3-47H2,1-2H3. The number of carbonyl (C=O) groups excluding carboxylic acids is 1. The van der Waals surface area contributed by atoms with Crippen LogP contribution in [0.3, 0.4) is 0 Å². The Kier molecular flexibility index (Phi) is 54.3. The van der Waals surface area contributed by atoms with E-state index in [9.17, 15) is 4.79 Å². The Hall–Kier alpha value is -0.890. The first-order valence-corrected chi connectivity index (χ1v) is 24.7. The summed E-state index contributed by atoms with van der Waals surface area (Å²) in [5, 5.41) is 0. The van der Waals surface area contributed by atoms with Crippen molar-refractivity contribution >= 4 is 5.97 Å². The van der Waals surface area contributed by atoms with Crippen LogP contribution in [0, 0.1) is 0 Å². The van der Waals surface area contributed by atoms with Gasteiger partial charge in [0, 0.05) is 13.0 Å². The second kappa shape index (κ2) is 55.1. The van der Waals surface area contributed by atoms with Gasteiger partial charge in [-0.2, -0.15) is 0 Å². The number of hydrogen-bond acceptors (Lipinski definition) is 11. The molecule has 0 aromatic heterocycles. The molecule has 0 atom stereocenters. The lowest BCUT2D eigenvalue weighted by atomic mass is 10.0. The van der Waals surface area contributed by atoms with E-state index in [2.05, 4.69) is 13.8 Å². The Labute approximate surface area is 363 Å². The normalized spacial score (nSPS) is 11.6. The summed E-state index contributed by atoms with van der Waals surface area (Å²) in [7, 11) is 0. The van der Waals surface area contributed by atoms with Gasteiger partial charge in [0.1, 0.15) is 6.61 Å². The summed E-state index contributed by atoms with van der Waals surface area (Å²) in [5.74, 6) is -0.131. The molecule has 0 saturated carbocycles. The molecule has 0 N–H and O–H groups in total. The molecule has 0 rings (SSSR count). The third-order valence-corrected chi connectivity index (χ3v) is 10.1. The quantitative estimate of drug-likeness (QED) is 0.0431. The molecular weight excluding hydrogens is 753 g/mol. The highest BCUT2D eigenvalue weighted by Gasteiger charge is 2.03. The molecule has 0 heterocycles. The second-order valence-electron chi connectivity index (χ2n) is 15.6. The lowest BCUT2D eigenvalue weighted by molar-refractivity contribution is -0.145. The van der Waals surface area contributed by atoms with E-state index in [0.717, 1.165) is 25.9 Å². The van der Waals surface area contributed by atoms with Gasteiger partial charge in [-0.3, -0.25) is 4.79 Å². The summed E-state index contributed by atoms with van der Waals surface area (Å²) < 4.78 is 55.1. The van der Waals surface area contributed by atoms with Crippen molar-refractivity contribution in [3.8, 4) is 0 Å². The molecule has 0 amide bonds. The first-order valence-electron chi connectivity index (χ1n) is 24.7. The van der Waals surface area contributed by atoms with Gasteiger partial charge in [-0.1, -0.05) is 162 Å². The Morgan fingerprint density at radius 1 is 0.237 bits per heavy atom. The maximum atomic E-state index is 11.8. The molecule has 0 aromatic carbocycles. The molecule has 0 fully saturated rings. The van der Waals surface area contributed by atoms with Crippen LogP contribution in [0.5, 0.6) is 0 Å². The van der Waals surface area contributed by atoms with Gasteiger partial charge in [-0.25, -0.2) is 0 Å². The highest BCUT2D eigenvalue weighted by atomic mass is 16.6. The molecular formula is C48H96O11. The zero-order valence-electron chi connectivity index (χ0n) is 38.8.